The predicted octanol–water partition coefficient (Wildman–Crippen LogP) is 3.42. The van der Waals surface area contributed by atoms with Crippen molar-refractivity contribution in [1.82, 2.24) is 10.2 Å². The summed E-state index contributed by atoms with van der Waals surface area (Å²) in [5.74, 6) is 0.919. The van der Waals surface area contributed by atoms with E-state index in [0.717, 1.165) is 24.5 Å². The molecule has 1 N–H and O–H groups in total. The fourth-order valence-electron chi connectivity index (χ4n) is 4.05. The van der Waals surface area contributed by atoms with Crippen molar-refractivity contribution in [3.63, 3.8) is 0 Å². The number of hydrogen-bond acceptors (Lipinski definition) is 2. The van der Waals surface area contributed by atoms with Gasteiger partial charge in [-0.2, -0.15) is 0 Å². The first kappa shape index (κ1) is 14.3. The Morgan fingerprint density at radius 1 is 1.06 bits per heavy atom. The summed E-state index contributed by atoms with van der Waals surface area (Å²) in [5.41, 5.74) is 0. The van der Waals surface area contributed by atoms with Gasteiger partial charge in [0, 0.05) is 18.6 Å². The zero-order valence-corrected chi connectivity index (χ0v) is 12.5. The van der Waals surface area contributed by atoms with Crippen LogP contribution in [0, 0.1) is 5.92 Å². The fraction of sp³-hybridized carbons (Fsp3) is 1.00. The molecule has 0 aromatic rings. The highest BCUT2D eigenvalue weighted by Gasteiger charge is 2.31. The molecule has 0 amide bonds. The van der Waals surface area contributed by atoms with Gasteiger partial charge in [-0.05, 0) is 51.1 Å². The van der Waals surface area contributed by atoms with E-state index in [-0.39, 0.29) is 0 Å². The summed E-state index contributed by atoms with van der Waals surface area (Å²) in [6, 6.07) is 1.70. The summed E-state index contributed by atoms with van der Waals surface area (Å²) >= 11 is 0. The second-order valence-corrected chi connectivity index (χ2v) is 6.29. The SMILES string of the molecule is CCCC1CCCCN1CC1CCCC1NCC. The number of rotatable bonds is 6. The Kier molecular flexibility index (Phi) is 5.97. The van der Waals surface area contributed by atoms with Crippen molar-refractivity contribution >= 4 is 0 Å². The molecule has 106 valence electrons. The number of nitrogens with one attached hydrogen (secondary N) is 1. The smallest absolute Gasteiger partial charge is 0.0107 e. The van der Waals surface area contributed by atoms with Gasteiger partial charge in [0.2, 0.25) is 0 Å². The molecule has 2 rings (SSSR count). The van der Waals surface area contributed by atoms with Crippen LogP contribution in [0.25, 0.3) is 0 Å². The lowest BCUT2D eigenvalue weighted by Gasteiger charge is -2.38. The molecule has 2 aliphatic rings. The van der Waals surface area contributed by atoms with Gasteiger partial charge in [0.1, 0.15) is 0 Å². The molecule has 0 aromatic carbocycles. The van der Waals surface area contributed by atoms with Gasteiger partial charge in [0.05, 0.1) is 0 Å². The molecule has 0 radical (unpaired) electrons. The van der Waals surface area contributed by atoms with E-state index >= 15 is 0 Å². The molecule has 2 heteroatoms. The molecule has 1 saturated heterocycles. The van der Waals surface area contributed by atoms with E-state index in [1.165, 1.54) is 64.5 Å². The third-order valence-electron chi connectivity index (χ3n) is 4.97. The molecule has 0 spiro atoms. The van der Waals surface area contributed by atoms with Crippen molar-refractivity contribution in [3.8, 4) is 0 Å². The normalized spacial score (nSPS) is 34.0. The van der Waals surface area contributed by atoms with Crippen LogP contribution in [0.3, 0.4) is 0 Å². The fourth-order valence-corrected chi connectivity index (χ4v) is 4.05. The van der Waals surface area contributed by atoms with Crippen LogP contribution in [0.15, 0.2) is 0 Å². The molecule has 3 atom stereocenters. The van der Waals surface area contributed by atoms with Gasteiger partial charge in [-0.15, -0.1) is 0 Å². The van der Waals surface area contributed by atoms with Crippen LogP contribution < -0.4 is 5.32 Å². The van der Waals surface area contributed by atoms with Crippen LogP contribution in [-0.2, 0) is 0 Å². The summed E-state index contributed by atoms with van der Waals surface area (Å²) in [6.45, 7) is 8.45. The summed E-state index contributed by atoms with van der Waals surface area (Å²) < 4.78 is 0. The van der Waals surface area contributed by atoms with Gasteiger partial charge in [0.25, 0.3) is 0 Å². The van der Waals surface area contributed by atoms with Crippen LogP contribution in [0.2, 0.25) is 0 Å². The minimum atomic E-state index is 0.805. The monoisotopic (exact) mass is 252 g/mol. The van der Waals surface area contributed by atoms with Gasteiger partial charge in [-0.25, -0.2) is 0 Å². The molecule has 1 aliphatic carbocycles. The Morgan fingerprint density at radius 3 is 2.72 bits per heavy atom. The van der Waals surface area contributed by atoms with Crippen molar-refractivity contribution in [2.75, 3.05) is 19.6 Å². The lowest BCUT2D eigenvalue weighted by atomic mass is 9.95. The highest BCUT2D eigenvalue weighted by Crippen LogP contribution is 2.29. The number of nitrogens with zero attached hydrogens (tertiary/aromatic N) is 1. The van der Waals surface area contributed by atoms with Gasteiger partial charge in [-0.3, -0.25) is 0 Å². The quantitative estimate of drug-likeness (QED) is 0.779. The van der Waals surface area contributed by atoms with E-state index in [1.807, 2.05) is 0 Å². The minimum absolute atomic E-state index is 0.805. The zero-order valence-electron chi connectivity index (χ0n) is 12.5. The van der Waals surface area contributed by atoms with Crippen LogP contribution in [-0.4, -0.2) is 36.6 Å². The number of likely N-dealkylation sites (tertiary alicyclic amines) is 1. The van der Waals surface area contributed by atoms with E-state index in [4.69, 9.17) is 0 Å². The number of piperidine rings is 1. The standard InChI is InChI=1S/C16H32N2/c1-3-8-15-10-5-6-12-18(15)13-14-9-7-11-16(14)17-4-2/h14-17H,3-13H2,1-2H3. The third-order valence-corrected chi connectivity index (χ3v) is 4.97. The van der Waals surface area contributed by atoms with Crippen molar-refractivity contribution in [3.05, 3.63) is 0 Å². The molecular weight excluding hydrogens is 220 g/mol. The van der Waals surface area contributed by atoms with E-state index in [2.05, 4.69) is 24.1 Å². The van der Waals surface area contributed by atoms with Crippen LogP contribution in [0.5, 0.6) is 0 Å². The molecule has 1 aliphatic heterocycles. The Hall–Kier alpha value is -0.0800. The van der Waals surface area contributed by atoms with E-state index < -0.39 is 0 Å². The Labute approximate surface area is 114 Å². The largest absolute Gasteiger partial charge is 0.314 e. The summed E-state index contributed by atoms with van der Waals surface area (Å²) in [7, 11) is 0. The molecule has 0 aromatic heterocycles. The maximum Gasteiger partial charge on any atom is 0.0107 e. The molecule has 1 heterocycles. The lowest BCUT2D eigenvalue weighted by molar-refractivity contribution is 0.112. The molecule has 0 bridgehead atoms. The van der Waals surface area contributed by atoms with Crippen molar-refractivity contribution in [1.29, 1.82) is 0 Å². The summed E-state index contributed by atoms with van der Waals surface area (Å²) in [6.07, 6.45) is 11.4. The average Bonchev–Trinajstić information content (AvgIpc) is 2.80. The maximum atomic E-state index is 3.70. The Bertz CT molecular complexity index is 227. The molecule has 3 unspecified atom stereocenters. The highest BCUT2D eigenvalue weighted by molar-refractivity contribution is 4.87. The van der Waals surface area contributed by atoms with Gasteiger partial charge in [0.15, 0.2) is 0 Å². The van der Waals surface area contributed by atoms with Crippen molar-refractivity contribution in [2.24, 2.45) is 5.92 Å². The molecule has 18 heavy (non-hydrogen) atoms. The second kappa shape index (κ2) is 7.49. The van der Waals surface area contributed by atoms with Gasteiger partial charge in [-0.1, -0.05) is 33.1 Å². The average molecular weight is 252 g/mol. The summed E-state index contributed by atoms with van der Waals surface area (Å²) in [5, 5.41) is 3.70. The molecular formula is C16H32N2. The van der Waals surface area contributed by atoms with Crippen molar-refractivity contribution < 1.29 is 0 Å². The third kappa shape index (κ3) is 3.71. The lowest BCUT2D eigenvalue weighted by Crippen LogP contribution is -2.45. The molecule has 2 nitrogen and oxygen atoms in total. The van der Waals surface area contributed by atoms with E-state index in [0.29, 0.717) is 0 Å². The van der Waals surface area contributed by atoms with E-state index in [9.17, 15) is 0 Å². The predicted molar refractivity (Wildman–Crippen MR) is 78.9 cm³/mol. The molecule has 1 saturated carbocycles. The Balaban J connectivity index is 1.85. The summed E-state index contributed by atoms with van der Waals surface area (Å²) in [4.78, 5) is 2.83. The zero-order chi connectivity index (χ0) is 12.8. The first-order valence-corrected chi connectivity index (χ1v) is 8.32. The van der Waals surface area contributed by atoms with Crippen LogP contribution in [0.1, 0.15) is 65.2 Å². The first-order valence-electron chi connectivity index (χ1n) is 8.32. The second-order valence-electron chi connectivity index (χ2n) is 6.29. The molecule has 2 fully saturated rings. The van der Waals surface area contributed by atoms with Crippen LogP contribution >= 0.6 is 0 Å². The van der Waals surface area contributed by atoms with Crippen molar-refractivity contribution in [2.45, 2.75) is 77.3 Å². The Morgan fingerprint density at radius 2 is 1.94 bits per heavy atom. The van der Waals surface area contributed by atoms with Gasteiger partial charge >= 0.3 is 0 Å². The first-order chi connectivity index (χ1) is 8.85. The van der Waals surface area contributed by atoms with Crippen LogP contribution in [0.4, 0.5) is 0 Å². The highest BCUT2D eigenvalue weighted by atomic mass is 15.2. The van der Waals surface area contributed by atoms with E-state index in [1.54, 1.807) is 0 Å². The maximum absolute atomic E-state index is 3.70. The number of hydrogen-bond donors (Lipinski definition) is 1. The van der Waals surface area contributed by atoms with Gasteiger partial charge < -0.3 is 10.2 Å². The topological polar surface area (TPSA) is 15.3 Å². The minimum Gasteiger partial charge on any atom is -0.314 e.